The third kappa shape index (κ3) is 3.68. The van der Waals surface area contributed by atoms with Gasteiger partial charge in [0.05, 0.1) is 11.4 Å². The number of aryl methyl sites for hydroxylation is 2. The Balaban J connectivity index is 1.83. The maximum absolute atomic E-state index is 12.4. The summed E-state index contributed by atoms with van der Waals surface area (Å²) in [6.07, 6.45) is 2.12. The first-order valence-electron chi connectivity index (χ1n) is 8.28. The summed E-state index contributed by atoms with van der Waals surface area (Å²) in [4.78, 5) is 12.2. The van der Waals surface area contributed by atoms with Gasteiger partial charge in [0.2, 0.25) is 10.0 Å². The van der Waals surface area contributed by atoms with Gasteiger partial charge in [-0.1, -0.05) is 12.1 Å². The quantitative estimate of drug-likeness (QED) is 0.882. The number of benzene rings is 1. The van der Waals surface area contributed by atoms with E-state index in [1.54, 1.807) is 25.1 Å². The molecule has 2 aromatic rings. The molecule has 2 heterocycles. The first-order chi connectivity index (χ1) is 11.9. The van der Waals surface area contributed by atoms with Crippen LogP contribution in [0.15, 0.2) is 28.8 Å². The van der Waals surface area contributed by atoms with Crippen molar-refractivity contribution in [2.45, 2.75) is 33.1 Å². The lowest BCUT2D eigenvalue weighted by molar-refractivity contribution is 0.101. The van der Waals surface area contributed by atoms with Crippen molar-refractivity contribution in [3.63, 3.8) is 0 Å². The van der Waals surface area contributed by atoms with Gasteiger partial charge in [-0.3, -0.25) is 9.10 Å². The number of fused-ring (bicyclic) bond motifs is 1. The van der Waals surface area contributed by atoms with Crippen molar-refractivity contribution in [3.8, 4) is 0 Å². The second kappa shape index (κ2) is 6.87. The molecule has 7 nitrogen and oxygen atoms in total. The van der Waals surface area contributed by atoms with Crippen LogP contribution in [0, 0.1) is 6.92 Å². The van der Waals surface area contributed by atoms with E-state index in [4.69, 9.17) is 4.52 Å². The number of anilines is 2. The molecule has 0 unspecified atom stereocenters. The maximum atomic E-state index is 12.4. The average molecular weight is 363 g/mol. The number of amides is 1. The molecule has 0 fully saturated rings. The number of rotatable bonds is 5. The molecule has 0 radical (unpaired) electrons. The van der Waals surface area contributed by atoms with Crippen molar-refractivity contribution >= 4 is 27.3 Å². The van der Waals surface area contributed by atoms with Gasteiger partial charge in [0.25, 0.3) is 5.91 Å². The van der Waals surface area contributed by atoms with Gasteiger partial charge in [0.15, 0.2) is 5.69 Å². The number of hydrogen-bond donors (Lipinski definition) is 1. The van der Waals surface area contributed by atoms with Crippen molar-refractivity contribution < 1.29 is 17.7 Å². The molecular formula is C17H21N3O4S. The third-order valence-corrected chi connectivity index (χ3v) is 6.05. The zero-order valence-corrected chi connectivity index (χ0v) is 15.1. The second-order valence-corrected chi connectivity index (χ2v) is 8.12. The fraction of sp³-hybridized carbons (Fsp3) is 0.412. The number of carbonyl (C=O) groups excluding carboxylic acids is 1. The average Bonchev–Trinajstić information content (AvgIpc) is 3.00. The van der Waals surface area contributed by atoms with Gasteiger partial charge in [0, 0.05) is 18.3 Å². The van der Waals surface area contributed by atoms with Gasteiger partial charge in [-0.15, -0.1) is 0 Å². The molecule has 0 atom stereocenters. The van der Waals surface area contributed by atoms with E-state index in [1.165, 1.54) is 4.31 Å². The molecule has 0 spiro atoms. The highest BCUT2D eigenvalue weighted by Crippen LogP contribution is 2.32. The van der Waals surface area contributed by atoms with E-state index in [9.17, 15) is 13.2 Å². The van der Waals surface area contributed by atoms with Gasteiger partial charge in [0.1, 0.15) is 5.76 Å². The van der Waals surface area contributed by atoms with Crippen molar-refractivity contribution in [3.05, 3.63) is 41.3 Å². The summed E-state index contributed by atoms with van der Waals surface area (Å²) in [5, 5.41) is 6.46. The molecule has 1 aliphatic rings. The third-order valence-electron chi connectivity index (χ3n) is 4.07. The van der Waals surface area contributed by atoms with Crippen LogP contribution < -0.4 is 9.62 Å². The first kappa shape index (κ1) is 17.5. The molecule has 0 aliphatic carbocycles. The van der Waals surface area contributed by atoms with Crippen LogP contribution in [0.3, 0.4) is 0 Å². The molecule has 0 saturated heterocycles. The van der Waals surface area contributed by atoms with E-state index in [1.807, 2.05) is 13.0 Å². The number of sulfonamides is 1. The van der Waals surface area contributed by atoms with Crippen molar-refractivity contribution in [2.75, 3.05) is 21.9 Å². The van der Waals surface area contributed by atoms with Crippen LogP contribution in [0.4, 0.5) is 11.4 Å². The van der Waals surface area contributed by atoms with E-state index < -0.39 is 10.0 Å². The number of nitrogens with zero attached hydrogens (tertiary/aromatic N) is 2. The molecule has 1 aromatic carbocycles. The van der Waals surface area contributed by atoms with Crippen LogP contribution in [0.5, 0.6) is 0 Å². The van der Waals surface area contributed by atoms with Crippen molar-refractivity contribution in [1.29, 1.82) is 0 Å². The Hall–Kier alpha value is -2.35. The largest absolute Gasteiger partial charge is 0.361 e. The minimum absolute atomic E-state index is 0.135. The standard InChI is InChI=1S/C17H21N3O4S/c1-3-9-25(22,23)20-8-4-5-13-11-14(6-7-16(13)20)18-17(21)15-10-12(2)24-19-15/h6-7,10-11H,3-5,8-9H2,1-2H3,(H,18,21). The van der Waals surface area contributed by atoms with Crippen LogP contribution in [0.2, 0.25) is 0 Å². The van der Waals surface area contributed by atoms with Gasteiger partial charge in [-0.05, 0) is 49.9 Å². The monoisotopic (exact) mass is 363 g/mol. The van der Waals surface area contributed by atoms with Crippen molar-refractivity contribution in [1.82, 2.24) is 5.16 Å². The SMILES string of the molecule is CCCS(=O)(=O)N1CCCc2cc(NC(=O)c3cc(C)on3)ccc21. The smallest absolute Gasteiger partial charge is 0.277 e. The molecule has 1 amide bonds. The molecule has 134 valence electrons. The van der Waals surface area contributed by atoms with E-state index >= 15 is 0 Å². The van der Waals surface area contributed by atoms with E-state index in [2.05, 4.69) is 10.5 Å². The Kier molecular flexibility index (Phi) is 4.80. The molecule has 1 N–H and O–H groups in total. The zero-order chi connectivity index (χ0) is 18.0. The lowest BCUT2D eigenvalue weighted by atomic mass is 10.0. The summed E-state index contributed by atoms with van der Waals surface area (Å²) in [6, 6.07) is 6.86. The minimum Gasteiger partial charge on any atom is -0.361 e. The van der Waals surface area contributed by atoms with Crippen LogP contribution in [0.1, 0.15) is 41.6 Å². The topological polar surface area (TPSA) is 92.5 Å². The predicted octanol–water partition coefficient (Wildman–Crippen LogP) is 2.73. The molecule has 8 heteroatoms. The van der Waals surface area contributed by atoms with Gasteiger partial charge in [-0.2, -0.15) is 0 Å². The van der Waals surface area contributed by atoms with Gasteiger partial charge >= 0.3 is 0 Å². The lowest BCUT2D eigenvalue weighted by Gasteiger charge is -2.30. The second-order valence-electron chi connectivity index (χ2n) is 6.11. The Bertz CT molecular complexity index is 889. The van der Waals surface area contributed by atoms with E-state index in [0.29, 0.717) is 30.1 Å². The number of nitrogens with one attached hydrogen (secondary N) is 1. The fourth-order valence-corrected chi connectivity index (χ4v) is 4.59. The van der Waals surface area contributed by atoms with E-state index in [0.717, 1.165) is 18.4 Å². The number of aromatic nitrogens is 1. The molecule has 1 aromatic heterocycles. The highest BCUT2D eigenvalue weighted by atomic mass is 32.2. The normalized spacial score (nSPS) is 14.2. The summed E-state index contributed by atoms with van der Waals surface area (Å²) in [5.74, 6) is 0.339. The lowest BCUT2D eigenvalue weighted by Crippen LogP contribution is -2.37. The number of carbonyl (C=O) groups is 1. The first-order valence-corrected chi connectivity index (χ1v) is 9.89. The zero-order valence-electron chi connectivity index (χ0n) is 14.3. The van der Waals surface area contributed by atoms with Crippen LogP contribution in [-0.4, -0.2) is 31.8 Å². The summed E-state index contributed by atoms with van der Waals surface area (Å²) >= 11 is 0. The summed E-state index contributed by atoms with van der Waals surface area (Å²) in [6.45, 7) is 4.07. The Morgan fingerprint density at radius 2 is 2.16 bits per heavy atom. The molecular weight excluding hydrogens is 342 g/mol. The molecule has 3 rings (SSSR count). The molecule has 0 saturated carbocycles. The van der Waals surface area contributed by atoms with Crippen LogP contribution in [0.25, 0.3) is 0 Å². The van der Waals surface area contributed by atoms with Gasteiger partial charge in [-0.25, -0.2) is 8.42 Å². The summed E-state index contributed by atoms with van der Waals surface area (Å²) < 4.78 is 31.3. The highest BCUT2D eigenvalue weighted by Gasteiger charge is 2.27. The van der Waals surface area contributed by atoms with Gasteiger partial charge < -0.3 is 9.84 Å². The highest BCUT2D eigenvalue weighted by molar-refractivity contribution is 7.92. The van der Waals surface area contributed by atoms with E-state index in [-0.39, 0.29) is 17.4 Å². The Labute approximate surface area is 147 Å². The molecule has 0 bridgehead atoms. The van der Waals surface area contributed by atoms with Crippen LogP contribution >= 0.6 is 0 Å². The predicted molar refractivity (Wildman–Crippen MR) is 95.4 cm³/mol. The Morgan fingerprint density at radius 1 is 1.36 bits per heavy atom. The molecule has 25 heavy (non-hydrogen) atoms. The molecule has 1 aliphatic heterocycles. The summed E-state index contributed by atoms with van der Waals surface area (Å²) in [7, 11) is -3.30. The summed E-state index contributed by atoms with van der Waals surface area (Å²) in [5.41, 5.74) is 2.44. The number of hydrogen-bond acceptors (Lipinski definition) is 5. The van der Waals surface area contributed by atoms with Crippen LogP contribution in [-0.2, 0) is 16.4 Å². The fourth-order valence-electron chi connectivity index (χ4n) is 2.97. The van der Waals surface area contributed by atoms with Crippen molar-refractivity contribution in [2.24, 2.45) is 0 Å². The maximum Gasteiger partial charge on any atom is 0.277 e. The minimum atomic E-state index is -3.30. The Morgan fingerprint density at radius 3 is 2.84 bits per heavy atom.